The van der Waals surface area contributed by atoms with E-state index in [4.69, 9.17) is 0 Å². The number of nitrogens with one attached hydrogen (secondary N) is 1. The Kier molecular flexibility index (Phi) is 1.65. The summed E-state index contributed by atoms with van der Waals surface area (Å²) >= 11 is 0. The highest BCUT2D eigenvalue weighted by atomic mass is 16.5. The minimum Gasteiger partial charge on any atom is -0.788 e. The van der Waals surface area contributed by atoms with Crippen molar-refractivity contribution >= 4 is 0 Å². The Morgan fingerprint density at radius 3 is 2.14 bits per heavy atom. The summed E-state index contributed by atoms with van der Waals surface area (Å²) in [5.41, 5.74) is 2.01. The van der Waals surface area contributed by atoms with E-state index < -0.39 is 0 Å². The van der Waals surface area contributed by atoms with E-state index in [0.717, 1.165) is 12.8 Å². The Morgan fingerprint density at radius 1 is 1.29 bits per heavy atom. The molecular weight excluding hydrogens is 90.1 g/mol. The van der Waals surface area contributed by atoms with Gasteiger partial charge in [0.15, 0.2) is 0 Å². The molecule has 0 aromatic rings. The fourth-order valence-corrected chi connectivity index (χ4v) is 1.04. The van der Waals surface area contributed by atoms with Gasteiger partial charge in [0, 0.05) is 0 Å². The maximum atomic E-state index is 9.88. The third kappa shape index (κ3) is 1.14. The Bertz CT molecular complexity index is 50.0. The molecular formula is C5H10NO-. The van der Waals surface area contributed by atoms with Crippen molar-refractivity contribution in [2.24, 2.45) is 0 Å². The summed E-state index contributed by atoms with van der Waals surface area (Å²) in [4.78, 5) is 0. The quantitative estimate of drug-likeness (QED) is 0.499. The fourth-order valence-electron chi connectivity index (χ4n) is 1.04. The molecule has 0 atom stereocenters. The van der Waals surface area contributed by atoms with Crippen LogP contribution < -0.4 is 5.48 Å². The van der Waals surface area contributed by atoms with Crippen molar-refractivity contribution in [3.8, 4) is 0 Å². The van der Waals surface area contributed by atoms with Gasteiger partial charge in [-0.25, -0.2) is 0 Å². The van der Waals surface area contributed by atoms with Crippen molar-refractivity contribution in [2.45, 2.75) is 31.7 Å². The second-order valence-electron chi connectivity index (χ2n) is 2.10. The zero-order valence-corrected chi connectivity index (χ0v) is 4.31. The summed E-state index contributed by atoms with van der Waals surface area (Å²) in [5, 5.41) is 9.88. The minimum atomic E-state index is 0.292. The van der Waals surface area contributed by atoms with Gasteiger partial charge in [-0.1, -0.05) is 12.8 Å². The number of hydroxylamine groups is 1. The average Bonchev–Trinajstić information content (AvgIpc) is 2.14. The van der Waals surface area contributed by atoms with Crippen LogP contribution in [0.3, 0.4) is 0 Å². The normalized spacial score (nSPS) is 23.6. The van der Waals surface area contributed by atoms with E-state index in [-0.39, 0.29) is 0 Å². The smallest absolute Gasteiger partial charge is 0.00510 e. The molecule has 0 aromatic heterocycles. The topological polar surface area (TPSA) is 35.1 Å². The average molecular weight is 100 g/mol. The van der Waals surface area contributed by atoms with Crippen molar-refractivity contribution in [1.29, 1.82) is 0 Å². The molecule has 0 radical (unpaired) electrons. The van der Waals surface area contributed by atoms with Crippen LogP contribution in [0.15, 0.2) is 0 Å². The molecule has 1 N–H and O–H groups in total. The van der Waals surface area contributed by atoms with Gasteiger partial charge in [-0.3, -0.25) is 0 Å². The van der Waals surface area contributed by atoms with Gasteiger partial charge in [0.2, 0.25) is 0 Å². The highest BCUT2D eigenvalue weighted by molar-refractivity contribution is 4.72. The van der Waals surface area contributed by atoms with E-state index in [1.54, 1.807) is 0 Å². The molecule has 0 aromatic carbocycles. The summed E-state index contributed by atoms with van der Waals surface area (Å²) in [5.74, 6) is 0. The molecule has 0 amide bonds. The van der Waals surface area contributed by atoms with Crippen LogP contribution in [0.1, 0.15) is 25.7 Å². The lowest BCUT2D eigenvalue weighted by atomic mass is 10.3. The van der Waals surface area contributed by atoms with Crippen LogP contribution in [-0.4, -0.2) is 6.04 Å². The maximum absolute atomic E-state index is 9.88. The first-order valence-electron chi connectivity index (χ1n) is 2.81. The fraction of sp³-hybridized carbons (Fsp3) is 1.00. The Labute approximate surface area is 43.5 Å². The van der Waals surface area contributed by atoms with Gasteiger partial charge in [-0.2, -0.15) is 0 Å². The molecule has 1 fully saturated rings. The molecule has 7 heavy (non-hydrogen) atoms. The summed E-state index contributed by atoms with van der Waals surface area (Å²) < 4.78 is 0. The molecule has 0 heterocycles. The highest BCUT2D eigenvalue weighted by Gasteiger charge is 2.08. The lowest BCUT2D eigenvalue weighted by Crippen LogP contribution is -2.18. The molecule has 1 saturated carbocycles. The van der Waals surface area contributed by atoms with Crippen LogP contribution in [0.2, 0.25) is 0 Å². The molecule has 0 saturated heterocycles. The van der Waals surface area contributed by atoms with Crippen LogP contribution in [0.5, 0.6) is 0 Å². The molecule has 2 nitrogen and oxygen atoms in total. The lowest BCUT2D eigenvalue weighted by Gasteiger charge is -2.14. The summed E-state index contributed by atoms with van der Waals surface area (Å²) in [6, 6.07) is 0.292. The van der Waals surface area contributed by atoms with Gasteiger partial charge in [0.25, 0.3) is 0 Å². The molecule has 42 valence electrons. The largest absolute Gasteiger partial charge is 0.788 e. The van der Waals surface area contributed by atoms with Gasteiger partial charge in [0.05, 0.1) is 0 Å². The monoisotopic (exact) mass is 100 g/mol. The Hall–Kier alpha value is -0.0800. The predicted octanol–water partition coefficient (Wildman–Crippen LogP) is 1.02. The first kappa shape index (κ1) is 5.06. The van der Waals surface area contributed by atoms with Gasteiger partial charge in [-0.15, -0.1) is 0 Å². The van der Waals surface area contributed by atoms with Crippen LogP contribution in [0, 0.1) is 5.21 Å². The SMILES string of the molecule is [O-]NC1CCCC1. The Morgan fingerprint density at radius 2 is 1.86 bits per heavy atom. The van der Waals surface area contributed by atoms with E-state index in [1.807, 2.05) is 5.48 Å². The number of hydrogen-bond donors (Lipinski definition) is 1. The van der Waals surface area contributed by atoms with Crippen molar-refractivity contribution in [2.75, 3.05) is 0 Å². The van der Waals surface area contributed by atoms with Crippen LogP contribution in [-0.2, 0) is 0 Å². The zero-order chi connectivity index (χ0) is 5.11. The van der Waals surface area contributed by atoms with Crippen molar-refractivity contribution < 1.29 is 0 Å². The van der Waals surface area contributed by atoms with Gasteiger partial charge < -0.3 is 10.7 Å². The van der Waals surface area contributed by atoms with E-state index in [2.05, 4.69) is 0 Å². The van der Waals surface area contributed by atoms with E-state index in [0.29, 0.717) is 6.04 Å². The summed E-state index contributed by atoms with van der Waals surface area (Å²) in [6.45, 7) is 0. The van der Waals surface area contributed by atoms with Gasteiger partial charge >= 0.3 is 0 Å². The first-order valence-corrected chi connectivity index (χ1v) is 2.81. The molecule has 0 spiro atoms. The van der Waals surface area contributed by atoms with E-state index in [9.17, 15) is 5.21 Å². The Balaban J connectivity index is 2.14. The maximum Gasteiger partial charge on any atom is -0.00510 e. The molecule has 0 bridgehead atoms. The van der Waals surface area contributed by atoms with E-state index in [1.165, 1.54) is 12.8 Å². The highest BCUT2D eigenvalue weighted by Crippen LogP contribution is 2.16. The molecule has 0 unspecified atom stereocenters. The van der Waals surface area contributed by atoms with Gasteiger partial charge in [-0.05, 0) is 18.9 Å². The van der Waals surface area contributed by atoms with Gasteiger partial charge in [0.1, 0.15) is 0 Å². The number of hydrogen-bond acceptors (Lipinski definition) is 2. The lowest BCUT2D eigenvalue weighted by molar-refractivity contribution is 0.609. The molecule has 1 aliphatic carbocycles. The summed E-state index contributed by atoms with van der Waals surface area (Å²) in [6.07, 6.45) is 4.65. The van der Waals surface area contributed by atoms with Crippen molar-refractivity contribution in [3.63, 3.8) is 0 Å². The molecule has 1 aliphatic rings. The van der Waals surface area contributed by atoms with Crippen LogP contribution >= 0.6 is 0 Å². The third-order valence-electron chi connectivity index (χ3n) is 1.52. The second kappa shape index (κ2) is 2.28. The van der Waals surface area contributed by atoms with E-state index >= 15 is 0 Å². The van der Waals surface area contributed by atoms with Crippen LogP contribution in [0.4, 0.5) is 0 Å². The molecule has 2 heteroatoms. The first-order chi connectivity index (χ1) is 3.43. The second-order valence-corrected chi connectivity index (χ2v) is 2.10. The van der Waals surface area contributed by atoms with Crippen molar-refractivity contribution in [3.05, 3.63) is 5.21 Å². The minimum absolute atomic E-state index is 0.292. The predicted molar refractivity (Wildman–Crippen MR) is 28.8 cm³/mol. The third-order valence-corrected chi connectivity index (χ3v) is 1.52. The standard InChI is InChI=1S/C5H10NO/c7-6-5-3-1-2-4-5/h5-6H,1-4H2/q-1. The van der Waals surface area contributed by atoms with Crippen molar-refractivity contribution in [1.82, 2.24) is 5.48 Å². The molecule has 0 aliphatic heterocycles. The zero-order valence-electron chi connectivity index (χ0n) is 4.31. The number of rotatable bonds is 1. The molecule has 1 rings (SSSR count). The van der Waals surface area contributed by atoms with Crippen LogP contribution in [0.25, 0.3) is 0 Å². The summed E-state index contributed by atoms with van der Waals surface area (Å²) in [7, 11) is 0.